The van der Waals surface area contributed by atoms with E-state index in [0.29, 0.717) is 5.92 Å². The molecule has 0 radical (unpaired) electrons. The molecule has 0 aromatic heterocycles. The Kier molecular flexibility index (Phi) is 6.09. The molecule has 0 amide bonds. The van der Waals surface area contributed by atoms with Gasteiger partial charge in [0.05, 0.1) is 0 Å². The van der Waals surface area contributed by atoms with Crippen molar-refractivity contribution in [3.63, 3.8) is 0 Å². The fraction of sp³-hybridized carbons (Fsp3) is 0.296. The first-order valence-electron chi connectivity index (χ1n) is 10.8. The van der Waals surface area contributed by atoms with E-state index in [1.165, 1.54) is 35.1 Å². The second-order valence-electron chi connectivity index (χ2n) is 8.01. The van der Waals surface area contributed by atoms with E-state index in [4.69, 9.17) is 0 Å². The summed E-state index contributed by atoms with van der Waals surface area (Å²) in [5, 5.41) is 3.52. The highest BCUT2D eigenvalue weighted by Gasteiger charge is 2.23. The summed E-state index contributed by atoms with van der Waals surface area (Å²) in [6.07, 6.45) is 24.1. The summed E-state index contributed by atoms with van der Waals surface area (Å²) >= 11 is 0. The van der Waals surface area contributed by atoms with E-state index in [1.807, 2.05) is 12.3 Å². The molecular formula is C27H30N2. The van der Waals surface area contributed by atoms with Crippen molar-refractivity contribution in [2.45, 2.75) is 45.4 Å². The molecule has 1 aromatic carbocycles. The van der Waals surface area contributed by atoms with Gasteiger partial charge in [-0.15, -0.1) is 0 Å². The molecule has 1 aliphatic heterocycles. The van der Waals surface area contributed by atoms with Crippen molar-refractivity contribution < 1.29 is 0 Å². The number of aliphatic imine (C=N–C) groups is 1. The molecule has 1 aromatic rings. The molecule has 0 unspecified atom stereocenters. The van der Waals surface area contributed by atoms with Crippen molar-refractivity contribution in [1.29, 1.82) is 0 Å². The lowest BCUT2D eigenvalue weighted by molar-refractivity contribution is 0.948. The molecule has 1 N–H and O–H groups in total. The lowest BCUT2D eigenvalue weighted by Crippen LogP contribution is -2.17. The van der Waals surface area contributed by atoms with Crippen LogP contribution < -0.4 is 5.32 Å². The SMILES string of the molecule is CCC/C=C/C=C1\N=CC=C(C(/C=C\C2C=C2)=C(/C)c2cccc(C3CC3)c2)N1. The number of unbranched alkanes of at least 4 members (excludes halogenated alkanes) is 1. The van der Waals surface area contributed by atoms with Crippen LogP contribution in [0.1, 0.15) is 56.6 Å². The summed E-state index contributed by atoms with van der Waals surface area (Å²) in [6, 6.07) is 9.07. The smallest absolute Gasteiger partial charge is 0.130 e. The topological polar surface area (TPSA) is 24.4 Å². The number of nitrogens with zero attached hydrogens (tertiary/aromatic N) is 1. The van der Waals surface area contributed by atoms with E-state index in [1.54, 1.807) is 0 Å². The number of nitrogens with one attached hydrogen (secondary N) is 1. The average molecular weight is 383 g/mol. The Hall–Kier alpha value is -2.87. The third-order valence-corrected chi connectivity index (χ3v) is 5.53. The molecule has 0 spiro atoms. The van der Waals surface area contributed by atoms with E-state index in [-0.39, 0.29) is 0 Å². The van der Waals surface area contributed by atoms with Gasteiger partial charge in [0, 0.05) is 23.4 Å². The normalized spacial score (nSPS) is 21.0. The summed E-state index contributed by atoms with van der Waals surface area (Å²) < 4.78 is 0. The number of rotatable bonds is 8. The van der Waals surface area contributed by atoms with Gasteiger partial charge in [-0.05, 0) is 61.0 Å². The van der Waals surface area contributed by atoms with Crippen LogP contribution in [0.25, 0.3) is 5.57 Å². The molecule has 29 heavy (non-hydrogen) atoms. The standard InChI is InChI=1S/C27H30N2/c1-3-4-5-6-10-27-28-18-17-26(29-27)25(16-13-21-11-12-21)20(2)23-8-7-9-24(19-23)22-14-15-22/h5-13,16-19,21-22,29H,3-4,14-15H2,1-2H3/b6-5+,16-13-,25-20-,27-10+. The number of hydrogen-bond acceptors (Lipinski definition) is 2. The zero-order valence-electron chi connectivity index (χ0n) is 17.4. The highest BCUT2D eigenvalue weighted by molar-refractivity contribution is 5.81. The van der Waals surface area contributed by atoms with Gasteiger partial charge in [0.2, 0.25) is 0 Å². The predicted octanol–water partition coefficient (Wildman–Crippen LogP) is 6.84. The van der Waals surface area contributed by atoms with Crippen LogP contribution in [-0.2, 0) is 0 Å². The molecule has 0 bridgehead atoms. The van der Waals surface area contributed by atoms with Crippen LogP contribution in [0.3, 0.4) is 0 Å². The van der Waals surface area contributed by atoms with E-state index < -0.39 is 0 Å². The molecule has 4 rings (SSSR count). The van der Waals surface area contributed by atoms with Crippen LogP contribution >= 0.6 is 0 Å². The average Bonchev–Trinajstić information content (AvgIpc) is 3.65. The Labute approximate surface area is 174 Å². The largest absolute Gasteiger partial charge is 0.340 e. The van der Waals surface area contributed by atoms with E-state index in [9.17, 15) is 0 Å². The summed E-state index contributed by atoms with van der Waals surface area (Å²) in [5.74, 6) is 2.14. The maximum Gasteiger partial charge on any atom is 0.130 e. The Morgan fingerprint density at radius 2 is 2.10 bits per heavy atom. The van der Waals surface area contributed by atoms with Crippen molar-refractivity contribution in [3.05, 3.63) is 101 Å². The molecular weight excluding hydrogens is 352 g/mol. The lowest BCUT2D eigenvalue weighted by atomic mass is 9.95. The lowest BCUT2D eigenvalue weighted by Gasteiger charge is -2.18. The maximum atomic E-state index is 4.48. The van der Waals surface area contributed by atoms with E-state index in [0.717, 1.165) is 30.3 Å². The van der Waals surface area contributed by atoms with Gasteiger partial charge in [0.25, 0.3) is 0 Å². The molecule has 3 aliphatic rings. The van der Waals surface area contributed by atoms with Gasteiger partial charge in [-0.1, -0.05) is 74.1 Å². The molecule has 148 valence electrons. The Morgan fingerprint density at radius 1 is 1.24 bits per heavy atom. The zero-order chi connectivity index (χ0) is 20.1. The molecule has 2 aliphatic carbocycles. The van der Waals surface area contributed by atoms with Gasteiger partial charge in [0.1, 0.15) is 5.82 Å². The summed E-state index contributed by atoms with van der Waals surface area (Å²) in [4.78, 5) is 4.48. The van der Waals surface area contributed by atoms with Crippen LogP contribution in [0.5, 0.6) is 0 Å². The zero-order valence-corrected chi connectivity index (χ0v) is 17.4. The first-order chi connectivity index (χ1) is 14.2. The van der Waals surface area contributed by atoms with Gasteiger partial charge >= 0.3 is 0 Å². The summed E-state index contributed by atoms with van der Waals surface area (Å²) in [6.45, 7) is 4.42. The molecule has 0 atom stereocenters. The molecule has 2 heteroatoms. The van der Waals surface area contributed by atoms with E-state index in [2.05, 4.69) is 91.0 Å². The minimum Gasteiger partial charge on any atom is -0.340 e. The number of benzene rings is 1. The van der Waals surface area contributed by atoms with Gasteiger partial charge < -0.3 is 5.32 Å². The Balaban J connectivity index is 1.63. The minimum atomic E-state index is 0.500. The van der Waals surface area contributed by atoms with Crippen molar-refractivity contribution >= 4 is 11.8 Å². The highest BCUT2D eigenvalue weighted by atomic mass is 15.1. The van der Waals surface area contributed by atoms with Gasteiger partial charge in [-0.25, -0.2) is 4.99 Å². The molecule has 1 fully saturated rings. The van der Waals surface area contributed by atoms with Crippen LogP contribution in [0, 0.1) is 5.92 Å². The molecule has 0 saturated heterocycles. The number of hydrogen-bond donors (Lipinski definition) is 1. The Morgan fingerprint density at radius 3 is 2.86 bits per heavy atom. The van der Waals surface area contributed by atoms with E-state index >= 15 is 0 Å². The number of allylic oxidation sites excluding steroid dienone is 9. The monoisotopic (exact) mass is 382 g/mol. The summed E-state index contributed by atoms with van der Waals surface area (Å²) in [7, 11) is 0. The molecule has 1 saturated carbocycles. The second kappa shape index (κ2) is 9.09. The van der Waals surface area contributed by atoms with Gasteiger partial charge in [-0.2, -0.15) is 0 Å². The molecule has 1 heterocycles. The minimum absolute atomic E-state index is 0.500. The third kappa shape index (κ3) is 5.35. The molecule has 2 nitrogen and oxygen atoms in total. The van der Waals surface area contributed by atoms with Crippen LogP contribution in [0.4, 0.5) is 0 Å². The van der Waals surface area contributed by atoms with Gasteiger partial charge in [0.15, 0.2) is 0 Å². The fourth-order valence-corrected chi connectivity index (χ4v) is 3.48. The maximum absolute atomic E-state index is 4.48. The summed E-state index contributed by atoms with van der Waals surface area (Å²) in [5.41, 5.74) is 6.39. The van der Waals surface area contributed by atoms with Crippen molar-refractivity contribution in [3.8, 4) is 0 Å². The Bertz CT molecular complexity index is 956. The van der Waals surface area contributed by atoms with Crippen LogP contribution in [0.2, 0.25) is 0 Å². The predicted molar refractivity (Wildman–Crippen MR) is 125 cm³/mol. The quantitative estimate of drug-likeness (QED) is 0.386. The second-order valence-corrected chi connectivity index (χ2v) is 8.01. The van der Waals surface area contributed by atoms with Crippen LogP contribution in [-0.4, -0.2) is 6.21 Å². The first-order valence-corrected chi connectivity index (χ1v) is 10.8. The van der Waals surface area contributed by atoms with Crippen molar-refractivity contribution in [2.75, 3.05) is 0 Å². The van der Waals surface area contributed by atoms with Crippen molar-refractivity contribution in [2.24, 2.45) is 10.9 Å². The first kappa shape index (κ1) is 19.4. The van der Waals surface area contributed by atoms with Crippen LogP contribution in [0.15, 0.2) is 95.0 Å². The third-order valence-electron chi connectivity index (χ3n) is 5.53. The van der Waals surface area contributed by atoms with Gasteiger partial charge in [-0.3, -0.25) is 0 Å². The van der Waals surface area contributed by atoms with Crippen molar-refractivity contribution in [1.82, 2.24) is 5.32 Å². The highest BCUT2D eigenvalue weighted by Crippen LogP contribution is 2.41. The fourth-order valence-electron chi connectivity index (χ4n) is 3.48.